The van der Waals surface area contributed by atoms with Crippen LogP contribution in [0.15, 0.2) is 30.3 Å². The first-order chi connectivity index (χ1) is 15.8. The summed E-state index contributed by atoms with van der Waals surface area (Å²) in [6, 6.07) is 10.2. The molecular weight excluding hydrogens is 454 g/mol. The van der Waals surface area contributed by atoms with Gasteiger partial charge in [0.15, 0.2) is 0 Å². The lowest BCUT2D eigenvalue weighted by Gasteiger charge is -2.43. The van der Waals surface area contributed by atoms with E-state index in [2.05, 4.69) is 40.8 Å². The van der Waals surface area contributed by atoms with E-state index in [1.807, 2.05) is 36.5 Å². The number of nitrogens with zero attached hydrogens (tertiary/aromatic N) is 3. The topological polar surface area (TPSA) is 36.0 Å². The number of thiophene rings is 1. The van der Waals surface area contributed by atoms with Crippen molar-refractivity contribution in [2.75, 3.05) is 52.9 Å². The van der Waals surface area contributed by atoms with Crippen LogP contribution in [0.4, 0.5) is 0 Å². The maximum atomic E-state index is 13.4. The van der Waals surface area contributed by atoms with E-state index >= 15 is 0 Å². The van der Waals surface area contributed by atoms with Crippen molar-refractivity contribution in [3.63, 3.8) is 0 Å². The first-order valence-corrected chi connectivity index (χ1v) is 13.1. The zero-order valence-electron chi connectivity index (χ0n) is 20.1. The van der Waals surface area contributed by atoms with Crippen molar-refractivity contribution in [3.05, 3.63) is 50.7 Å². The van der Waals surface area contributed by atoms with Gasteiger partial charge in [-0.15, -0.1) is 11.3 Å². The zero-order valence-corrected chi connectivity index (χ0v) is 21.7. The van der Waals surface area contributed by atoms with Crippen LogP contribution in [-0.2, 0) is 11.3 Å². The second-order valence-electron chi connectivity index (χ2n) is 9.89. The van der Waals surface area contributed by atoms with Crippen LogP contribution in [-0.4, -0.2) is 73.5 Å². The van der Waals surface area contributed by atoms with Gasteiger partial charge in [-0.05, 0) is 76.2 Å². The molecular formula is C26H36ClN3O2S. The second kappa shape index (κ2) is 10.8. The number of rotatable bonds is 7. The largest absolute Gasteiger partial charge is 0.493 e. The standard InChI is InChI=1S/C26H36ClN3O2S/c1-20-15-22(6-8-24(20)27)32-19-26(16-25(31)30-13-11-28(3)12-14-30)9-4-10-29(18-26)17-23-7-5-21(2)33-23/h5-8,15H,4,9-14,16-19H2,1-3H3. The molecule has 5 nitrogen and oxygen atoms in total. The number of benzene rings is 1. The van der Waals surface area contributed by atoms with Gasteiger partial charge >= 0.3 is 0 Å². The van der Waals surface area contributed by atoms with Gasteiger partial charge in [0, 0.05) is 65.9 Å². The number of aryl methyl sites for hydroxylation is 2. The number of amides is 1. The second-order valence-corrected chi connectivity index (χ2v) is 11.7. The molecule has 1 amide bonds. The van der Waals surface area contributed by atoms with Crippen LogP contribution >= 0.6 is 22.9 Å². The molecule has 3 heterocycles. The van der Waals surface area contributed by atoms with E-state index in [1.54, 1.807) is 0 Å². The van der Waals surface area contributed by atoms with E-state index in [0.717, 1.165) is 75.0 Å². The van der Waals surface area contributed by atoms with E-state index in [0.29, 0.717) is 13.0 Å². The van der Waals surface area contributed by atoms with Crippen molar-refractivity contribution in [1.29, 1.82) is 0 Å². The van der Waals surface area contributed by atoms with Gasteiger partial charge in [0.1, 0.15) is 5.75 Å². The van der Waals surface area contributed by atoms with Crippen LogP contribution in [0.5, 0.6) is 5.75 Å². The van der Waals surface area contributed by atoms with Crippen LogP contribution in [0.1, 0.15) is 34.6 Å². The molecule has 2 saturated heterocycles. The van der Waals surface area contributed by atoms with Crippen molar-refractivity contribution < 1.29 is 9.53 Å². The minimum absolute atomic E-state index is 0.182. The Kier molecular flexibility index (Phi) is 8.00. The van der Waals surface area contributed by atoms with Gasteiger partial charge in [0.2, 0.25) is 5.91 Å². The molecule has 1 aromatic heterocycles. The Hall–Kier alpha value is -1.60. The first-order valence-electron chi connectivity index (χ1n) is 11.9. The first kappa shape index (κ1) is 24.5. The SMILES string of the molecule is Cc1ccc(CN2CCCC(COc3ccc(Cl)c(C)c3)(CC(=O)N3CCN(C)CC3)C2)s1. The number of carbonyl (C=O) groups is 1. The Labute approximate surface area is 207 Å². The molecule has 0 radical (unpaired) electrons. The van der Waals surface area contributed by atoms with Crippen molar-refractivity contribution in [1.82, 2.24) is 14.7 Å². The summed E-state index contributed by atoms with van der Waals surface area (Å²) in [6.07, 6.45) is 2.64. The van der Waals surface area contributed by atoms with Crippen LogP contribution in [0.2, 0.25) is 5.02 Å². The minimum Gasteiger partial charge on any atom is -0.493 e. The molecule has 4 rings (SSSR count). The Morgan fingerprint density at radius 1 is 1.12 bits per heavy atom. The van der Waals surface area contributed by atoms with E-state index in [4.69, 9.17) is 16.3 Å². The maximum absolute atomic E-state index is 13.4. The highest BCUT2D eigenvalue weighted by atomic mass is 35.5. The Morgan fingerprint density at radius 3 is 2.61 bits per heavy atom. The number of likely N-dealkylation sites (N-methyl/N-ethyl adjacent to an activating group) is 1. The van der Waals surface area contributed by atoms with Gasteiger partial charge in [-0.25, -0.2) is 0 Å². The molecule has 2 aliphatic rings. The van der Waals surface area contributed by atoms with Crippen LogP contribution in [0, 0.1) is 19.3 Å². The molecule has 1 aromatic carbocycles. The molecule has 33 heavy (non-hydrogen) atoms. The number of likely N-dealkylation sites (tertiary alicyclic amines) is 1. The molecule has 2 aromatic rings. The number of piperidine rings is 1. The van der Waals surface area contributed by atoms with E-state index < -0.39 is 0 Å². The molecule has 2 fully saturated rings. The molecule has 1 atom stereocenters. The molecule has 0 aliphatic carbocycles. The smallest absolute Gasteiger partial charge is 0.223 e. The Balaban J connectivity index is 1.48. The third kappa shape index (κ3) is 6.50. The lowest BCUT2D eigenvalue weighted by Crippen LogP contribution is -2.52. The average molecular weight is 490 g/mol. The van der Waals surface area contributed by atoms with Gasteiger partial charge in [0.25, 0.3) is 0 Å². The predicted molar refractivity (Wildman–Crippen MR) is 136 cm³/mol. The number of halogens is 1. The normalized spacial score (nSPS) is 22.5. The van der Waals surface area contributed by atoms with Crippen LogP contribution in [0.25, 0.3) is 0 Å². The number of ether oxygens (including phenoxy) is 1. The molecule has 0 N–H and O–H groups in total. The number of piperazine rings is 1. The van der Waals surface area contributed by atoms with Crippen molar-refractivity contribution >= 4 is 28.8 Å². The minimum atomic E-state index is -0.182. The fourth-order valence-corrected chi connectivity index (χ4v) is 6.03. The summed E-state index contributed by atoms with van der Waals surface area (Å²) in [5.74, 6) is 1.10. The van der Waals surface area contributed by atoms with Crippen LogP contribution < -0.4 is 4.74 Å². The predicted octanol–water partition coefficient (Wildman–Crippen LogP) is 4.84. The fourth-order valence-electron chi connectivity index (χ4n) is 4.98. The molecule has 2 aliphatic heterocycles. The van der Waals surface area contributed by atoms with Gasteiger partial charge in [-0.1, -0.05) is 11.6 Å². The summed E-state index contributed by atoms with van der Waals surface area (Å²) < 4.78 is 6.33. The summed E-state index contributed by atoms with van der Waals surface area (Å²) in [7, 11) is 2.12. The molecule has 1 unspecified atom stereocenters. The monoisotopic (exact) mass is 489 g/mol. The summed E-state index contributed by atoms with van der Waals surface area (Å²) in [4.78, 5) is 23.0. The van der Waals surface area contributed by atoms with Gasteiger partial charge in [-0.3, -0.25) is 9.69 Å². The van der Waals surface area contributed by atoms with E-state index in [9.17, 15) is 4.79 Å². The summed E-state index contributed by atoms with van der Waals surface area (Å²) in [6.45, 7) is 11.1. The number of hydrogen-bond donors (Lipinski definition) is 0. The molecule has 0 saturated carbocycles. The van der Waals surface area contributed by atoms with E-state index in [-0.39, 0.29) is 11.3 Å². The maximum Gasteiger partial charge on any atom is 0.223 e. The molecule has 180 valence electrons. The fraction of sp³-hybridized carbons (Fsp3) is 0.577. The quantitative estimate of drug-likeness (QED) is 0.557. The highest BCUT2D eigenvalue weighted by Gasteiger charge is 2.40. The number of carbonyl (C=O) groups excluding carboxylic acids is 1. The Bertz CT molecular complexity index is 957. The lowest BCUT2D eigenvalue weighted by molar-refractivity contribution is -0.137. The summed E-state index contributed by atoms with van der Waals surface area (Å²) in [5.41, 5.74) is 0.827. The van der Waals surface area contributed by atoms with Gasteiger partial charge in [0.05, 0.1) is 6.61 Å². The highest BCUT2D eigenvalue weighted by Crippen LogP contribution is 2.36. The Morgan fingerprint density at radius 2 is 1.91 bits per heavy atom. The van der Waals surface area contributed by atoms with Gasteiger partial charge < -0.3 is 14.5 Å². The summed E-state index contributed by atoms with van der Waals surface area (Å²) >= 11 is 8.07. The van der Waals surface area contributed by atoms with Crippen molar-refractivity contribution in [3.8, 4) is 5.75 Å². The molecule has 7 heteroatoms. The third-order valence-corrected chi connectivity index (χ3v) is 8.38. The number of hydrogen-bond acceptors (Lipinski definition) is 5. The third-order valence-electron chi connectivity index (χ3n) is 6.97. The molecule has 0 bridgehead atoms. The van der Waals surface area contributed by atoms with E-state index in [1.165, 1.54) is 9.75 Å². The zero-order chi connectivity index (χ0) is 23.4. The molecule has 0 spiro atoms. The van der Waals surface area contributed by atoms with Crippen molar-refractivity contribution in [2.24, 2.45) is 5.41 Å². The lowest BCUT2D eigenvalue weighted by atomic mass is 9.77. The highest BCUT2D eigenvalue weighted by molar-refractivity contribution is 7.11. The summed E-state index contributed by atoms with van der Waals surface area (Å²) in [5, 5.41) is 0.748. The van der Waals surface area contributed by atoms with Crippen LogP contribution in [0.3, 0.4) is 0 Å². The van der Waals surface area contributed by atoms with Gasteiger partial charge in [-0.2, -0.15) is 0 Å². The van der Waals surface area contributed by atoms with Crippen molar-refractivity contribution in [2.45, 2.75) is 39.7 Å². The average Bonchev–Trinajstić information content (AvgIpc) is 3.19.